The van der Waals surface area contributed by atoms with E-state index >= 15 is 0 Å². The van der Waals surface area contributed by atoms with Crippen molar-refractivity contribution in [1.82, 2.24) is 0 Å². The molecule has 6 heteroatoms. The standard InChI is InChI=1S/C11H13F4NO/c1-7(17-2)6-16-8-3-4-10(12)9(5-8)11(13,14)15/h3-5,7,16H,6H2,1-2H3. The second-order valence-corrected chi connectivity index (χ2v) is 3.62. The normalized spacial score (nSPS) is 13.5. The topological polar surface area (TPSA) is 21.3 Å². The third kappa shape index (κ3) is 3.89. The molecule has 2 nitrogen and oxygen atoms in total. The van der Waals surface area contributed by atoms with Gasteiger partial charge in [0.25, 0.3) is 0 Å². The number of hydrogen-bond acceptors (Lipinski definition) is 2. The summed E-state index contributed by atoms with van der Waals surface area (Å²) in [5, 5.41) is 2.74. The van der Waals surface area contributed by atoms with Crippen LogP contribution < -0.4 is 5.32 Å². The molecule has 0 saturated carbocycles. The molecule has 1 unspecified atom stereocenters. The van der Waals surface area contributed by atoms with E-state index in [1.807, 2.05) is 0 Å². The van der Waals surface area contributed by atoms with Crippen molar-refractivity contribution < 1.29 is 22.3 Å². The molecule has 1 atom stereocenters. The second kappa shape index (κ2) is 5.35. The average Bonchev–Trinajstić information content (AvgIpc) is 2.26. The fraction of sp³-hybridized carbons (Fsp3) is 0.455. The van der Waals surface area contributed by atoms with Crippen LogP contribution in [0.2, 0.25) is 0 Å². The molecule has 0 aromatic heterocycles. The van der Waals surface area contributed by atoms with E-state index in [4.69, 9.17) is 4.74 Å². The van der Waals surface area contributed by atoms with Crippen molar-refractivity contribution in [1.29, 1.82) is 0 Å². The van der Waals surface area contributed by atoms with E-state index in [1.165, 1.54) is 13.2 Å². The minimum Gasteiger partial charge on any atom is -0.382 e. The van der Waals surface area contributed by atoms with Crippen LogP contribution in [0.3, 0.4) is 0 Å². The molecule has 96 valence electrons. The molecule has 0 aliphatic carbocycles. The van der Waals surface area contributed by atoms with Crippen molar-refractivity contribution in [3.63, 3.8) is 0 Å². The van der Waals surface area contributed by atoms with Crippen LogP contribution in [0.5, 0.6) is 0 Å². The lowest BCUT2D eigenvalue weighted by Crippen LogP contribution is -2.18. The fourth-order valence-electron chi connectivity index (χ4n) is 1.20. The van der Waals surface area contributed by atoms with E-state index in [1.54, 1.807) is 6.92 Å². The second-order valence-electron chi connectivity index (χ2n) is 3.62. The van der Waals surface area contributed by atoms with E-state index in [2.05, 4.69) is 5.32 Å². The van der Waals surface area contributed by atoms with E-state index in [-0.39, 0.29) is 11.8 Å². The van der Waals surface area contributed by atoms with Gasteiger partial charge in [0.1, 0.15) is 5.82 Å². The smallest absolute Gasteiger partial charge is 0.382 e. The third-order valence-corrected chi connectivity index (χ3v) is 2.27. The minimum atomic E-state index is -4.69. The van der Waals surface area contributed by atoms with Crippen LogP contribution in [0, 0.1) is 5.82 Å². The van der Waals surface area contributed by atoms with Gasteiger partial charge in [-0.15, -0.1) is 0 Å². The highest BCUT2D eigenvalue weighted by atomic mass is 19.4. The van der Waals surface area contributed by atoms with Gasteiger partial charge in [0, 0.05) is 19.3 Å². The monoisotopic (exact) mass is 251 g/mol. The Morgan fingerprint density at radius 2 is 2.00 bits per heavy atom. The third-order valence-electron chi connectivity index (χ3n) is 2.27. The number of anilines is 1. The zero-order chi connectivity index (χ0) is 13.1. The summed E-state index contributed by atoms with van der Waals surface area (Å²) < 4.78 is 55.1. The van der Waals surface area contributed by atoms with Crippen LogP contribution in [-0.2, 0) is 10.9 Å². The van der Waals surface area contributed by atoms with Gasteiger partial charge in [0.05, 0.1) is 11.7 Å². The summed E-state index contributed by atoms with van der Waals surface area (Å²) in [5.41, 5.74) is -1.06. The van der Waals surface area contributed by atoms with Gasteiger partial charge in [-0.1, -0.05) is 0 Å². The lowest BCUT2D eigenvalue weighted by atomic mass is 10.1. The minimum absolute atomic E-state index is 0.144. The highest BCUT2D eigenvalue weighted by Crippen LogP contribution is 2.32. The highest BCUT2D eigenvalue weighted by Gasteiger charge is 2.34. The molecule has 0 heterocycles. The lowest BCUT2D eigenvalue weighted by Gasteiger charge is -2.14. The van der Waals surface area contributed by atoms with Crippen LogP contribution in [0.1, 0.15) is 12.5 Å². The van der Waals surface area contributed by atoms with Crippen molar-refractivity contribution in [2.75, 3.05) is 19.0 Å². The molecule has 1 rings (SSSR count). The van der Waals surface area contributed by atoms with Crippen LogP contribution >= 0.6 is 0 Å². The molecular formula is C11H13F4NO. The van der Waals surface area contributed by atoms with Gasteiger partial charge in [0.15, 0.2) is 0 Å². The molecule has 1 N–H and O–H groups in total. The molecular weight excluding hydrogens is 238 g/mol. The summed E-state index contributed by atoms with van der Waals surface area (Å²) in [5.74, 6) is -1.28. The summed E-state index contributed by atoms with van der Waals surface area (Å²) >= 11 is 0. The number of nitrogens with one attached hydrogen (secondary N) is 1. The van der Waals surface area contributed by atoms with Crippen molar-refractivity contribution in [2.45, 2.75) is 19.2 Å². The molecule has 0 amide bonds. The predicted octanol–water partition coefficient (Wildman–Crippen LogP) is 3.29. The quantitative estimate of drug-likeness (QED) is 0.829. The van der Waals surface area contributed by atoms with Crippen LogP contribution in [0.15, 0.2) is 18.2 Å². The van der Waals surface area contributed by atoms with Crippen LogP contribution in [0.4, 0.5) is 23.2 Å². The Morgan fingerprint density at radius 3 is 2.53 bits per heavy atom. The molecule has 0 spiro atoms. The van der Waals surface area contributed by atoms with E-state index < -0.39 is 17.6 Å². The Kier molecular flexibility index (Phi) is 4.34. The molecule has 0 aliphatic heterocycles. The van der Waals surface area contributed by atoms with Gasteiger partial charge in [-0.3, -0.25) is 0 Å². The Labute approximate surface area is 96.6 Å². The molecule has 0 fully saturated rings. The first-order valence-corrected chi connectivity index (χ1v) is 4.98. The molecule has 1 aromatic carbocycles. The first-order chi connectivity index (χ1) is 7.84. The number of alkyl halides is 3. The molecule has 17 heavy (non-hydrogen) atoms. The average molecular weight is 251 g/mol. The largest absolute Gasteiger partial charge is 0.419 e. The van der Waals surface area contributed by atoms with Crippen molar-refractivity contribution in [2.24, 2.45) is 0 Å². The number of rotatable bonds is 4. The number of hydrogen-bond donors (Lipinski definition) is 1. The van der Waals surface area contributed by atoms with Gasteiger partial charge in [-0.25, -0.2) is 4.39 Å². The summed E-state index contributed by atoms with van der Waals surface area (Å²) in [7, 11) is 1.50. The fourth-order valence-corrected chi connectivity index (χ4v) is 1.20. The van der Waals surface area contributed by atoms with Gasteiger partial charge < -0.3 is 10.1 Å². The van der Waals surface area contributed by atoms with E-state index in [0.717, 1.165) is 12.1 Å². The Morgan fingerprint density at radius 1 is 1.35 bits per heavy atom. The molecule has 1 aromatic rings. The maximum atomic E-state index is 13.0. The van der Waals surface area contributed by atoms with Crippen molar-refractivity contribution >= 4 is 5.69 Å². The highest BCUT2D eigenvalue weighted by molar-refractivity contribution is 5.47. The molecule has 0 bridgehead atoms. The predicted molar refractivity (Wildman–Crippen MR) is 56.4 cm³/mol. The zero-order valence-corrected chi connectivity index (χ0v) is 9.44. The Balaban J connectivity index is 2.82. The van der Waals surface area contributed by atoms with Gasteiger partial charge in [-0.2, -0.15) is 13.2 Å². The van der Waals surface area contributed by atoms with Gasteiger partial charge in [-0.05, 0) is 25.1 Å². The number of methoxy groups -OCH3 is 1. The number of halogens is 4. The van der Waals surface area contributed by atoms with Crippen molar-refractivity contribution in [3.05, 3.63) is 29.6 Å². The number of ether oxygens (including phenoxy) is 1. The van der Waals surface area contributed by atoms with E-state index in [9.17, 15) is 17.6 Å². The SMILES string of the molecule is COC(C)CNc1ccc(F)c(C(F)(F)F)c1. The first-order valence-electron chi connectivity index (χ1n) is 4.98. The summed E-state index contributed by atoms with van der Waals surface area (Å²) in [6.45, 7) is 2.11. The van der Waals surface area contributed by atoms with Gasteiger partial charge in [0.2, 0.25) is 0 Å². The molecule has 0 aliphatic rings. The van der Waals surface area contributed by atoms with Crippen LogP contribution in [0.25, 0.3) is 0 Å². The summed E-state index contributed by atoms with van der Waals surface area (Å²) in [4.78, 5) is 0. The van der Waals surface area contributed by atoms with Gasteiger partial charge >= 0.3 is 6.18 Å². The maximum Gasteiger partial charge on any atom is 0.419 e. The molecule has 0 radical (unpaired) electrons. The summed E-state index contributed by atoms with van der Waals surface area (Å²) in [6.07, 6.45) is -4.83. The Bertz CT molecular complexity index is 378. The first kappa shape index (κ1) is 13.8. The summed E-state index contributed by atoms with van der Waals surface area (Å²) in [6, 6.07) is 2.80. The van der Waals surface area contributed by atoms with Crippen molar-refractivity contribution in [3.8, 4) is 0 Å². The van der Waals surface area contributed by atoms with Crippen LogP contribution in [-0.4, -0.2) is 19.8 Å². The Hall–Kier alpha value is -1.30. The number of benzene rings is 1. The lowest BCUT2D eigenvalue weighted by molar-refractivity contribution is -0.139. The van der Waals surface area contributed by atoms with E-state index in [0.29, 0.717) is 6.54 Å². The molecule has 0 saturated heterocycles. The zero-order valence-electron chi connectivity index (χ0n) is 9.44. The maximum absolute atomic E-state index is 13.0.